The van der Waals surface area contributed by atoms with Crippen molar-refractivity contribution in [3.05, 3.63) is 33.8 Å². The number of methoxy groups -OCH3 is 1. The van der Waals surface area contributed by atoms with Crippen LogP contribution in [0.25, 0.3) is 0 Å². The van der Waals surface area contributed by atoms with Gasteiger partial charge < -0.3 is 4.74 Å². The van der Waals surface area contributed by atoms with Crippen LogP contribution in [-0.4, -0.2) is 18.8 Å². The lowest BCUT2D eigenvalue weighted by Gasteiger charge is -2.13. The minimum absolute atomic E-state index is 0.104. The first kappa shape index (κ1) is 15.0. The molecule has 1 aliphatic rings. The molecule has 1 aromatic carbocycles. The number of halogens is 2. The van der Waals surface area contributed by atoms with Crippen molar-refractivity contribution in [1.82, 2.24) is 0 Å². The van der Waals surface area contributed by atoms with Gasteiger partial charge in [-0.25, -0.2) is 0 Å². The summed E-state index contributed by atoms with van der Waals surface area (Å²) in [6.45, 7) is 0. The molecule has 0 atom stereocenters. The van der Waals surface area contributed by atoms with E-state index >= 15 is 0 Å². The molecule has 1 aliphatic carbocycles. The fraction of sp³-hybridized carbons (Fsp3) is 0.500. The molecular formula is C14H16Cl2O2S. The number of esters is 1. The van der Waals surface area contributed by atoms with Crippen molar-refractivity contribution in [3.63, 3.8) is 0 Å². The Kier molecular flexibility index (Phi) is 5.04. The van der Waals surface area contributed by atoms with E-state index in [1.165, 1.54) is 7.11 Å². The van der Waals surface area contributed by atoms with Gasteiger partial charge in [0.05, 0.1) is 23.6 Å². The molecule has 1 fully saturated rings. The van der Waals surface area contributed by atoms with Gasteiger partial charge in [0.25, 0.3) is 0 Å². The number of benzene rings is 1. The Morgan fingerprint density at radius 2 is 2.11 bits per heavy atom. The Labute approximate surface area is 127 Å². The summed E-state index contributed by atoms with van der Waals surface area (Å²) in [5.74, 6) is 1.77. The number of hydrogen-bond acceptors (Lipinski definition) is 3. The van der Waals surface area contributed by atoms with Gasteiger partial charge >= 0.3 is 5.97 Å². The highest BCUT2D eigenvalue weighted by Gasteiger charge is 2.44. The first-order valence-corrected chi connectivity index (χ1v) is 8.04. The Morgan fingerprint density at radius 1 is 1.37 bits per heavy atom. The van der Waals surface area contributed by atoms with Gasteiger partial charge in [-0.15, -0.1) is 0 Å². The molecule has 0 bridgehead atoms. The number of rotatable bonds is 6. The zero-order valence-electron chi connectivity index (χ0n) is 10.7. The lowest BCUT2D eigenvalue weighted by molar-refractivity contribution is -0.141. The summed E-state index contributed by atoms with van der Waals surface area (Å²) in [6, 6.07) is 5.71. The zero-order valence-corrected chi connectivity index (χ0v) is 13.1. The van der Waals surface area contributed by atoms with Crippen LogP contribution in [0.15, 0.2) is 18.2 Å². The SMILES string of the molecule is COC(=O)CC1(CSCc2ccc(Cl)c(Cl)c2)CC1. The average Bonchev–Trinajstić information content (AvgIpc) is 3.13. The Bertz CT molecular complexity index is 473. The Morgan fingerprint density at radius 3 is 2.68 bits per heavy atom. The van der Waals surface area contributed by atoms with E-state index in [4.69, 9.17) is 27.9 Å². The Balaban J connectivity index is 1.80. The molecule has 0 spiro atoms. The molecule has 0 heterocycles. The van der Waals surface area contributed by atoms with Gasteiger partial charge in [-0.3, -0.25) is 4.79 Å². The third-order valence-electron chi connectivity index (χ3n) is 3.37. The molecule has 104 valence electrons. The molecule has 19 heavy (non-hydrogen) atoms. The number of hydrogen-bond donors (Lipinski definition) is 0. The van der Waals surface area contributed by atoms with Crippen molar-refractivity contribution in [1.29, 1.82) is 0 Å². The van der Waals surface area contributed by atoms with Crippen molar-refractivity contribution < 1.29 is 9.53 Å². The molecule has 0 unspecified atom stereocenters. The fourth-order valence-corrected chi connectivity index (χ4v) is 3.60. The number of carbonyl (C=O) groups excluding carboxylic acids is 1. The summed E-state index contributed by atoms with van der Waals surface area (Å²) in [5.41, 5.74) is 1.34. The second-order valence-corrected chi connectivity index (χ2v) is 6.79. The van der Waals surface area contributed by atoms with Gasteiger partial charge in [0.15, 0.2) is 0 Å². The normalized spacial score (nSPS) is 16.2. The third-order valence-corrected chi connectivity index (χ3v) is 5.46. The first-order chi connectivity index (χ1) is 9.04. The minimum Gasteiger partial charge on any atom is -0.469 e. The van der Waals surface area contributed by atoms with Crippen LogP contribution in [0.2, 0.25) is 10.0 Å². The average molecular weight is 319 g/mol. The van der Waals surface area contributed by atoms with E-state index in [9.17, 15) is 4.79 Å². The van der Waals surface area contributed by atoms with Crippen molar-refractivity contribution in [2.24, 2.45) is 5.41 Å². The van der Waals surface area contributed by atoms with Gasteiger partial charge in [0.2, 0.25) is 0 Å². The van der Waals surface area contributed by atoms with Gasteiger partial charge in [-0.1, -0.05) is 29.3 Å². The van der Waals surface area contributed by atoms with Gasteiger partial charge in [-0.05, 0) is 41.7 Å². The maximum absolute atomic E-state index is 11.3. The van der Waals surface area contributed by atoms with E-state index < -0.39 is 0 Å². The second-order valence-electron chi connectivity index (χ2n) is 4.99. The molecule has 0 amide bonds. The summed E-state index contributed by atoms with van der Waals surface area (Å²) in [7, 11) is 1.45. The quantitative estimate of drug-likeness (QED) is 0.719. The third kappa shape index (κ3) is 4.30. The summed E-state index contributed by atoms with van der Waals surface area (Å²) < 4.78 is 4.74. The minimum atomic E-state index is -0.104. The van der Waals surface area contributed by atoms with E-state index in [2.05, 4.69) is 0 Å². The molecule has 0 radical (unpaired) electrons. The number of ether oxygens (including phenoxy) is 1. The molecule has 0 saturated heterocycles. The van der Waals surface area contributed by atoms with Crippen LogP contribution in [0.4, 0.5) is 0 Å². The zero-order chi connectivity index (χ0) is 13.9. The van der Waals surface area contributed by atoms with Crippen molar-refractivity contribution in [2.45, 2.75) is 25.0 Å². The lowest BCUT2D eigenvalue weighted by Crippen LogP contribution is -2.13. The van der Waals surface area contributed by atoms with E-state index in [0.717, 1.165) is 29.9 Å². The van der Waals surface area contributed by atoms with E-state index in [1.807, 2.05) is 30.0 Å². The summed E-state index contributed by atoms with van der Waals surface area (Å²) in [5, 5.41) is 1.18. The summed E-state index contributed by atoms with van der Waals surface area (Å²) in [6.07, 6.45) is 2.78. The lowest BCUT2D eigenvalue weighted by atomic mass is 10.1. The molecular weight excluding hydrogens is 303 g/mol. The highest BCUT2D eigenvalue weighted by Crippen LogP contribution is 2.51. The molecule has 1 aromatic rings. The Hall–Kier alpha value is -0.380. The van der Waals surface area contributed by atoms with Crippen LogP contribution in [0.3, 0.4) is 0 Å². The highest BCUT2D eigenvalue weighted by molar-refractivity contribution is 7.98. The molecule has 0 aliphatic heterocycles. The van der Waals surface area contributed by atoms with Crippen LogP contribution < -0.4 is 0 Å². The van der Waals surface area contributed by atoms with Crippen LogP contribution in [-0.2, 0) is 15.3 Å². The monoisotopic (exact) mass is 318 g/mol. The summed E-state index contributed by atoms with van der Waals surface area (Å²) in [4.78, 5) is 11.3. The molecule has 0 N–H and O–H groups in total. The van der Waals surface area contributed by atoms with Gasteiger partial charge in [0, 0.05) is 5.75 Å². The largest absolute Gasteiger partial charge is 0.469 e. The smallest absolute Gasteiger partial charge is 0.306 e. The van der Waals surface area contributed by atoms with Crippen molar-refractivity contribution >= 4 is 40.9 Å². The molecule has 1 saturated carbocycles. The number of carbonyl (C=O) groups is 1. The summed E-state index contributed by atoms with van der Waals surface area (Å²) >= 11 is 13.7. The van der Waals surface area contributed by atoms with Gasteiger partial charge in [0.1, 0.15) is 0 Å². The number of thioether (sulfide) groups is 1. The second kappa shape index (κ2) is 6.38. The van der Waals surface area contributed by atoms with Gasteiger partial charge in [-0.2, -0.15) is 11.8 Å². The van der Waals surface area contributed by atoms with Crippen LogP contribution in [0, 0.1) is 5.41 Å². The van der Waals surface area contributed by atoms with Crippen LogP contribution in [0.5, 0.6) is 0 Å². The van der Waals surface area contributed by atoms with Crippen molar-refractivity contribution in [3.8, 4) is 0 Å². The molecule has 5 heteroatoms. The highest BCUT2D eigenvalue weighted by atomic mass is 35.5. The first-order valence-electron chi connectivity index (χ1n) is 6.13. The molecule has 2 nitrogen and oxygen atoms in total. The topological polar surface area (TPSA) is 26.3 Å². The molecule has 0 aromatic heterocycles. The maximum Gasteiger partial charge on any atom is 0.306 e. The van der Waals surface area contributed by atoms with Crippen LogP contribution in [0.1, 0.15) is 24.8 Å². The van der Waals surface area contributed by atoms with E-state index in [1.54, 1.807) is 0 Å². The fourth-order valence-electron chi connectivity index (χ4n) is 1.94. The van der Waals surface area contributed by atoms with Crippen molar-refractivity contribution in [2.75, 3.05) is 12.9 Å². The van der Waals surface area contributed by atoms with E-state index in [-0.39, 0.29) is 11.4 Å². The predicted octanol–water partition coefficient (Wildman–Crippen LogP) is 4.57. The van der Waals surface area contributed by atoms with E-state index in [0.29, 0.717) is 16.5 Å². The predicted molar refractivity (Wildman–Crippen MR) is 80.9 cm³/mol. The van der Waals surface area contributed by atoms with Crippen LogP contribution >= 0.6 is 35.0 Å². The standard InChI is InChI=1S/C14H16Cl2O2S/c1-18-13(17)7-14(4-5-14)9-19-8-10-2-3-11(15)12(16)6-10/h2-3,6H,4-5,7-9H2,1H3. The maximum atomic E-state index is 11.3. The molecule has 2 rings (SSSR count).